The zero-order valence-corrected chi connectivity index (χ0v) is 25.0. The molecule has 202 valence electrons. The molecule has 0 radical (unpaired) electrons. The number of allylic oxidation sites excluding steroid dienone is 2. The Hall–Kier alpha value is -2.43. The second kappa shape index (κ2) is 8.78. The van der Waals surface area contributed by atoms with E-state index in [1.807, 2.05) is 18.2 Å². The van der Waals surface area contributed by atoms with Crippen LogP contribution in [0.3, 0.4) is 0 Å². The van der Waals surface area contributed by atoms with Crippen LogP contribution in [-0.4, -0.2) is 50.4 Å². The van der Waals surface area contributed by atoms with Gasteiger partial charge in [-0.15, -0.1) is 23.2 Å². The average molecular weight is 679 g/mol. The highest BCUT2D eigenvalue weighted by Crippen LogP contribution is 2.65. The predicted molar refractivity (Wildman–Crippen MR) is 155 cm³/mol. The van der Waals surface area contributed by atoms with Gasteiger partial charge in [-0.2, -0.15) is 0 Å². The number of halogens is 3. The zero-order chi connectivity index (χ0) is 28.2. The first-order valence-electron chi connectivity index (χ1n) is 12.7. The predicted octanol–water partition coefficient (Wildman–Crippen LogP) is 4.81. The van der Waals surface area contributed by atoms with E-state index in [-0.39, 0.29) is 24.0 Å². The SMILES string of the molecule is Cc1cc(C2C3=CCC4C(=O)N(c5ccc(I)cc5)C(=O)C4C3CC3(Cl)C(=O)N(C)C(=O)C23Cl)cc(C)c1O. The first kappa shape index (κ1) is 26.8. The number of phenolic OH excluding ortho intramolecular Hbond substituents is 1. The summed E-state index contributed by atoms with van der Waals surface area (Å²) in [6, 6.07) is 10.7. The van der Waals surface area contributed by atoms with Crippen molar-refractivity contribution in [3.63, 3.8) is 0 Å². The van der Waals surface area contributed by atoms with E-state index in [0.29, 0.717) is 28.8 Å². The second-order valence-electron chi connectivity index (χ2n) is 11.0. The number of carbonyl (C=O) groups is 4. The van der Waals surface area contributed by atoms with Crippen LogP contribution in [0.1, 0.15) is 35.4 Å². The minimum absolute atomic E-state index is 0.0495. The number of aryl methyl sites for hydroxylation is 2. The summed E-state index contributed by atoms with van der Waals surface area (Å²) in [6.07, 6.45) is 2.16. The van der Waals surface area contributed by atoms with Crippen LogP contribution in [0.5, 0.6) is 5.75 Å². The third-order valence-corrected chi connectivity index (χ3v) is 11.1. The van der Waals surface area contributed by atoms with Gasteiger partial charge in [-0.05, 0) is 96.2 Å². The van der Waals surface area contributed by atoms with E-state index in [4.69, 9.17) is 23.2 Å². The van der Waals surface area contributed by atoms with Gasteiger partial charge in [0.2, 0.25) is 11.8 Å². The van der Waals surface area contributed by atoms with E-state index >= 15 is 0 Å². The molecule has 4 aliphatic rings. The van der Waals surface area contributed by atoms with E-state index in [1.54, 1.807) is 38.1 Å². The quantitative estimate of drug-likeness (QED) is 0.213. The minimum Gasteiger partial charge on any atom is -0.507 e. The number of likely N-dealkylation sites (tertiary alicyclic amines) is 1. The number of nitrogens with zero attached hydrogens (tertiary/aromatic N) is 2. The Balaban J connectivity index is 1.53. The topological polar surface area (TPSA) is 95.0 Å². The van der Waals surface area contributed by atoms with E-state index in [9.17, 15) is 24.3 Å². The van der Waals surface area contributed by atoms with Crippen molar-refractivity contribution in [2.75, 3.05) is 11.9 Å². The third-order valence-electron chi connectivity index (χ3n) is 8.95. The molecule has 2 saturated heterocycles. The van der Waals surface area contributed by atoms with Gasteiger partial charge in [0.15, 0.2) is 9.75 Å². The number of alkyl halides is 2. The van der Waals surface area contributed by atoms with Crippen LogP contribution in [0.4, 0.5) is 5.69 Å². The van der Waals surface area contributed by atoms with Crippen LogP contribution in [0.25, 0.3) is 0 Å². The van der Waals surface area contributed by atoms with Crippen molar-refractivity contribution in [1.29, 1.82) is 0 Å². The highest BCUT2D eigenvalue weighted by atomic mass is 127. The van der Waals surface area contributed by atoms with E-state index < -0.39 is 45.2 Å². The van der Waals surface area contributed by atoms with Gasteiger partial charge >= 0.3 is 0 Å². The molecule has 2 aliphatic carbocycles. The first-order chi connectivity index (χ1) is 18.3. The fourth-order valence-corrected chi connectivity index (χ4v) is 8.50. The monoisotopic (exact) mass is 678 g/mol. The summed E-state index contributed by atoms with van der Waals surface area (Å²) in [4.78, 5) is 53.3. The molecule has 2 heterocycles. The Bertz CT molecular complexity index is 1500. The molecule has 4 amide bonds. The molecule has 0 bridgehead atoms. The molecule has 6 rings (SSSR count). The number of amides is 4. The summed E-state index contributed by atoms with van der Waals surface area (Å²) in [5.41, 5.74) is 3.03. The van der Waals surface area contributed by atoms with Crippen LogP contribution in [0.2, 0.25) is 0 Å². The minimum atomic E-state index is -1.84. The summed E-state index contributed by atoms with van der Waals surface area (Å²) in [5, 5.41) is 10.5. The third kappa shape index (κ3) is 3.40. The van der Waals surface area contributed by atoms with Crippen molar-refractivity contribution >= 4 is 75.1 Å². The summed E-state index contributed by atoms with van der Waals surface area (Å²) >= 11 is 16.6. The molecular weight excluding hydrogens is 654 g/mol. The van der Waals surface area contributed by atoms with Gasteiger partial charge in [-0.1, -0.05) is 23.8 Å². The normalized spacial score (nSPS) is 33.7. The van der Waals surface area contributed by atoms with E-state index in [1.165, 1.54) is 11.9 Å². The van der Waals surface area contributed by atoms with Gasteiger partial charge in [-0.25, -0.2) is 0 Å². The summed E-state index contributed by atoms with van der Waals surface area (Å²) < 4.78 is 0.975. The average Bonchev–Trinajstić information content (AvgIpc) is 3.22. The number of anilines is 1. The van der Waals surface area contributed by atoms with Crippen molar-refractivity contribution in [3.8, 4) is 5.75 Å². The highest BCUT2D eigenvalue weighted by molar-refractivity contribution is 14.1. The number of benzene rings is 2. The molecule has 3 fully saturated rings. The molecule has 7 nitrogen and oxygen atoms in total. The number of imide groups is 2. The lowest BCUT2D eigenvalue weighted by Gasteiger charge is -2.51. The van der Waals surface area contributed by atoms with Crippen molar-refractivity contribution in [1.82, 2.24) is 4.90 Å². The van der Waals surface area contributed by atoms with Crippen LogP contribution < -0.4 is 4.90 Å². The summed E-state index contributed by atoms with van der Waals surface area (Å²) in [7, 11) is 1.37. The second-order valence-corrected chi connectivity index (χ2v) is 13.5. The Morgan fingerprint density at radius 1 is 0.949 bits per heavy atom. The van der Waals surface area contributed by atoms with Crippen LogP contribution in [0, 0.1) is 35.2 Å². The molecule has 2 aliphatic heterocycles. The van der Waals surface area contributed by atoms with Gasteiger partial charge < -0.3 is 5.11 Å². The summed E-state index contributed by atoms with van der Waals surface area (Å²) in [5.74, 6) is -4.50. The molecule has 6 unspecified atom stereocenters. The molecule has 1 saturated carbocycles. The van der Waals surface area contributed by atoms with Gasteiger partial charge in [0.05, 0.1) is 17.5 Å². The molecule has 2 aromatic rings. The number of phenols is 1. The maximum absolute atomic E-state index is 14.0. The largest absolute Gasteiger partial charge is 0.507 e. The van der Waals surface area contributed by atoms with Crippen LogP contribution in [-0.2, 0) is 19.2 Å². The fourth-order valence-electron chi connectivity index (χ4n) is 7.12. The molecule has 10 heteroatoms. The highest BCUT2D eigenvalue weighted by Gasteiger charge is 2.75. The van der Waals surface area contributed by atoms with Crippen molar-refractivity contribution < 1.29 is 24.3 Å². The maximum atomic E-state index is 14.0. The zero-order valence-electron chi connectivity index (χ0n) is 21.4. The maximum Gasteiger partial charge on any atom is 0.253 e. The molecule has 39 heavy (non-hydrogen) atoms. The smallest absolute Gasteiger partial charge is 0.253 e. The molecule has 2 aromatic carbocycles. The number of carbonyl (C=O) groups excluding carboxylic acids is 4. The lowest BCUT2D eigenvalue weighted by molar-refractivity contribution is -0.138. The Morgan fingerprint density at radius 2 is 1.56 bits per heavy atom. The van der Waals surface area contributed by atoms with Gasteiger partial charge in [0, 0.05) is 16.5 Å². The molecule has 0 spiro atoms. The first-order valence-corrected chi connectivity index (χ1v) is 14.5. The lowest BCUT2D eigenvalue weighted by Crippen LogP contribution is -2.60. The number of hydrogen-bond acceptors (Lipinski definition) is 5. The van der Waals surface area contributed by atoms with E-state index in [0.717, 1.165) is 14.0 Å². The van der Waals surface area contributed by atoms with Crippen LogP contribution in [0.15, 0.2) is 48.0 Å². The van der Waals surface area contributed by atoms with Crippen molar-refractivity contribution in [2.24, 2.45) is 17.8 Å². The van der Waals surface area contributed by atoms with Gasteiger partial charge in [0.25, 0.3) is 11.8 Å². The molecular formula is C29H25Cl2IN2O5. The number of rotatable bonds is 2. The molecule has 0 aromatic heterocycles. The fraction of sp³-hybridized carbons (Fsp3) is 0.379. The van der Waals surface area contributed by atoms with Gasteiger partial charge in [0.1, 0.15) is 5.75 Å². The number of fused-ring (bicyclic) bond motifs is 4. The standard InChI is InChI=1S/C29H25Cl2IN2O5/c1-13-10-15(11-14(2)23(13)35)22-18-8-9-19-21(25(37)34(24(19)36)17-6-4-16(32)5-7-17)20(18)12-28(30)26(38)33(3)27(39)29(22,28)31/h4-8,10-11,19-22,35H,9,12H2,1-3H3. The molecule has 1 N–H and O–H groups in total. The number of aromatic hydroxyl groups is 1. The summed E-state index contributed by atoms with van der Waals surface area (Å²) in [6.45, 7) is 3.50. The Morgan fingerprint density at radius 3 is 2.18 bits per heavy atom. The van der Waals surface area contributed by atoms with Gasteiger partial charge in [-0.3, -0.25) is 29.0 Å². The Kier molecular flexibility index (Phi) is 6.03. The lowest BCUT2D eigenvalue weighted by atomic mass is 9.56. The van der Waals surface area contributed by atoms with Crippen LogP contribution >= 0.6 is 45.8 Å². The van der Waals surface area contributed by atoms with Crippen molar-refractivity contribution in [3.05, 3.63) is 68.3 Å². The van der Waals surface area contributed by atoms with E-state index in [2.05, 4.69) is 22.6 Å². The van der Waals surface area contributed by atoms with Crippen molar-refractivity contribution in [2.45, 2.75) is 42.4 Å². The molecule has 6 atom stereocenters. The Labute approximate surface area is 249 Å². The number of hydrogen-bond donors (Lipinski definition) is 1.